The van der Waals surface area contributed by atoms with Gasteiger partial charge in [0.15, 0.2) is 5.76 Å². The summed E-state index contributed by atoms with van der Waals surface area (Å²) in [6, 6.07) is 1.54. The molecule has 0 saturated carbocycles. The molecule has 2 atom stereocenters. The van der Waals surface area contributed by atoms with Gasteiger partial charge in [-0.1, -0.05) is 12.1 Å². The second-order valence-electron chi connectivity index (χ2n) is 6.56. The smallest absolute Gasteiger partial charge is 0.230 e. The van der Waals surface area contributed by atoms with Gasteiger partial charge in [-0.2, -0.15) is 5.10 Å². The van der Waals surface area contributed by atoms with Crippen molar-refractivity contribution in [1.29, 1.82) is 0 Å². The summed E-state index contributed by atoms with van der Waals surface area (Å²) in [6.07, 6.45) is 3.20. The molecule has 0 aromatic carbocycles. The second kappa shape index (κ2) is 7.31. The van der Waals surface area contributed by atoms with Gasteiger partial charge in [0.25, 0.3) is 0 Å². The molecule has 1 aliphatic heterocycles. The molecule has 140 valence electrons. The second-order valence-corrected chi connectivity index (χ2v) is 6.56. The molecule has 2 aromatic heterocycles. The van der Waals surface area contributed by atoms with Crippen LogP contribution in [0.25, 0.3) is 0 Å². The molecule has 3 rings (SSSR count). The summed E-state index contributed by atoms with van der Waals surface area (Å²) in [6.45, 7) is 6.23. The summed E-state index contributed by atoms with van der Waals surface area (Å²) < 4.78 is 7.00. The summed E-state index contributed by atoms with van der Waals surface area (Å²) in [5.41, 5.74) is 2.16. The highest BCUT2D eigenvalue weighted by molar-refractivity contribution is 5.95. The zero-order valence-corrected chi connectivity index (χ0v) is 15.7. The first-order valence-electron chi connectivity index (χ1n) is 9.01. The molecule has 1 aliphatic rings. The van der Waals surface area contributed by atoms with Crippen molar-refractivity contribution >= 4 is 17.5 Å². The Labute approximate surface area is 152 Å². The van der Waals surface area contributed by atoms with Gasteiger partial charge in [0.1, 0.15) is 11.4 Å². The van der Waals surface area contributed by atoms with Crippen LogP contribution in [0.15, 0.2) is 16.8 Å². The van der Waals surface area contributed by atoms with Crippen LogP contribution >= 0.6 is 0 Å². The molecular formula is C18H25N5O3. The minimum atomic E-state index is -0.359. The van der Waals surface area contributed by atoms with Crippen LogP contribution in [0.2, 0.25) is 0 Å². The van der Waals surface area contributed by atoms with E-state index in [0.717, 1.165) is 5.69 Å². The van der Waals surface area contributed by atoms with E-state index in [1.165, 1.54) is 0 Å². The number of piperidine rings is 1. The Bertz CT molecular complexity index is 810. The summed E-state index contributed by atoms with van der Waals surface area (Å²) in [5, 5.41) is 11.1. The standard InChI is InChI=1S/C18H25N5O3/c1-5-14-16(11(3)21-26-14)20-18(25)12-7-8-15(24)23(6-2)17(12)13-9-10-19-22(13)4/h9-10,12,17H,5-8H2,1-4H3,(H,20,25)/t12-,17-/m0/s1. The van der Waals surface area contributed by atoms with Gasteiger partial charge in [0.2, 0.25) is 11.8 Å². The van der Waals surface area contributed by atoms with E-state index in [4.69, 9.17) is 4.52 Å². The largest absolute Gasteiger partial charge is 0.359 e. The van der Waals surface area contributed by atoms with Gasteiger partial charge < -0.3 is 14.7 Å². The molecule has 0 unspecified atom stereocenters. The van der Waals surface area contributed by atoms with Crippen molar-refractivity contribution < 1.29 is 14.1 Å². The van der Waals surface area contributed by atoms with Crippen molar-refractivity contribution in [2.45, 2.75) is 46.1 Å². The van der Waals surface area contributed by atoms with Gasteiger partial charge in [0, 0.05) is 32.6 Å². The molecule has 1 saturated heterocycles. The molecule has 1 fully saturated rings. The van der Waals surface area contributed by atoms with Crippen molar-refractivity contribution in [3.8, 4) is 0 Å². The molecule has 2 aromatic rings. The molecule has 26 heavy (non-hydrogen) atoms. The molecule has 8 heteroatoms. The van der Waals surface area contributed by atoms with Gasteiger partial charge in [-0.15, -0.1) is 0 Å². The molecule has 8 nitrogen and oxygen atoms in total. The Hall–Kier alpha value is -2.64. The first-order chi connectivity index (χ1) is 12.5. The minimum Gasteiger partial charge on any atom is -0.359 e. The first-order valence-corrected chi connectivity index (χ1v) is 9.01. The fraction of sp³-hybridized carbons (Fsp3) is 0.556. The third-order valence-electron chi connectivity index (χ3n) is 5.05. The topological polar surface area (TPSA) is 93.3 Å². The maximum Gasteiger partial charge on any atom is 0.230 e. The number of carbonyl (C=O) groups is 2. The van der Waals surface area contributed by atoms with E-state index in [2.05, 4.69) is 15.6 Å². The molecule has 1 N–H and O–H groups in total. The van der Waals surface area contributed by atoms with Gasteiger partial charge >= 0.3 is 0 Å². The van der Waals surface area contributed by atoms with E-state index in [1.54, 1.807) is 22.7 Å². The summed E-state index contributed by atoms with van der Waals surface area (Å²) in [5.74, 6) is 0.246. The first kappa shape index (κ1) is 18.2. The van der Waals surface area contributed by atoms with Gasteiger partial charge in [-0.3, -0.25) is 14.3 Å². The third kappa shape index (κ3) is 3.11. The quantitative estimate of drug-likeness (QED) is 0.883. The number of aryl methyl sites for hydroxylation is 3. The number of nitrogens with zero attached hydrogens (tertiary/aromatic N) is 4. The Morgan fingerprint density at radius 1 is 1.42 bits per heavy atom. The molecule has 0 bridgehead atoms. The Morgan fingerprint density at radius 3 is 2.81 bits per heavy atom. The molecule has 2 amide bonds. The SMILES string of the molecule is CCc1onc(C)c1NC(=O)[C@H]1CCC(=O)N(CC)[C@@H]1c1ccnn1C. The Kier molecular flexibility index (Phi) is 5.11. The van der Waals surface area contributed by atoms with Crippen LogP contribution < -0.4 is 5.32 Å². The number of rotatable bonds is 5. The van der Waals surface area contributed by atoms with Crippen molar-refractivity contribution in [3.63, 3.8) is 0 Å². The van der Waals surface area contributed by atoms with Crippen LogP contribution in [-0.2, 0) is 23.1 Å². The van der Waals surface area contributed by atoms with Crippen LogP contribution in [0.5, 0.6) is 0 Å². The maximum atomic E-state index is 13.1. The molecule has 0 aliphatic carbocycles. The molecular weight excluding hydrogens is 334 g/mol. The minimum absolute atomic E-state index is 0.0677. The van der Waals surface area contributed by atoms with E-state index in [1.807, 2.05) is 27.0 Å². The highest BCUT2D eigenvalue weighted by Gasteiger charge is 2.41. The number of hydrogen-bond acceptors (Lipinski definition) is 5. The summed E-state index contributed by atoms with van der Waals surface area (Å²) in [4.78, 5) is 27.3. The lowest BCUT2D eigenvalue weighted by Crippen LogP contribution is -2.47. The van der Waals surface area contributed by atoms with Crippen molar-refractivity contribution in [2.24, 2.45) is 13.0 Å². The van der Waals surface area contributed by atoms with Crippen LogP contribution in [-0.4, -0.2) is 38.2 Å². The average molecular weight is 359 g/mol. The number of likely N-dealkylation sites (tertiary alicyclic amines) is 1. The van der Waals surface area contributed by atoms with E-state index in [9.17, 15) is 9.59 Å². The highest BCUT2D eigenvalue weighted by Crippen LogP contribution is 2.37. The number of amides is 2. The Balaban J connectivity index is 1.93. The van der Waals surface area contributed by atoms with Gasteiger partial charge in [-0.25, -0.2) is 0 Å². The van der Waals surface area contributed by atoms with Crippen LogP contribution in [0.1, 0.15) is 49.9 Å². The fourth-order valence-corrected chi connectivity index (χ4v) is 3.67. The van der Waals surface area contributed by atoms with E-state index < -0.39 is 0 Å². The zero-order chi connectivity index (χ0) is 18.8. The maximum absolute atomic E-state index is 13.1. The van der Waals surface area contributed by atoms with Crippen LogP contribution in [0.3, 0.4) is 0 Å². The van der Waals surface area contributed by atoms with E-state index in [0.29, 0.717) is 42.9 Å². The van der Waals surface area contributed by atoms with E-state index in [-0.39, 0.29) is 23.8 Å². The number of hydrogen-bond donors (Lipinski definition) is 1. The predicted molar refractivity (Wildman–Crippen MR) is 95.3 cm³/mol. The monoisotopic (exact) mass is 359 g/mol. The molecule has 0 radical (unpaired) electrons. The lowest BCUT2D eigenvalue weighted by molar-refractivity contribution is -0.142. The molecule has 3 heterocycles. The highest BCUT2D eigenvalue weighted by atomic mass is 16.5. The van der Waals surface area contributed by atoms with Crippen molar-refractivity contribution in [2.75, 3.05) is 11.9 Å². The fourth-order valence-electron chi connectivity index (χ4n) is 3.67. The number of aromatic nitrogens is 3. The lowest BCUT2D eigenvalue weighted by atomic mass is 9.85. The van der Waals surface area contributed by atoms with Crippen LogP contribution in [0.4, 0.5) is 5.69 Å². The van der Waals surface area contributed by atoms with Crippen molar-refractivity contribution in [3.05, 3.63) is 29.4 Å². The van der Waals surface area contributed by atoms with E-state index >= 15 is 0 Å². The zero-order valence-electron chi connectivity index (χ0n) is 15.7. The third-order valence-corrected chi connectivity index (χ3v) is 5.05. The number of anilines is 1. The Morgan fingerprint density at radius 2 is 2.19 bits per heavy atom. The molecule has 0 spiro atoms. The number of nitrogens with one attached hydrogen (secondary N) is 1. The predicted octanol–water partition coefficient (Wildman–Crippen LogP) is 2.22. The number of carbonyl (C=O) groups excluding carboxylic acids is 2. The average Bonchev–Trinajstić information content (AvgIpc) is 3.20. The summed E-state index contributed by atoms with van der Waals surface area (Å²) >= 11 is 0. The normalized spacial score (nSPS) is 20.5. The summed E-state index contributed by atoms with van der Waals surface area (Å²) in [7, 11) is 1.83. The van der Waals surface area contributed by atoms with Crippen LogP contribution in [0, 0.1) is 12.8 Å². The van der Waals surface area contributed by atoms with Crippen molar-refractivity contribution in [1.82, 2.24) is 19.8 Å². The lowest BCUT2D eigenvalue weighted by Gasteiger charge is -2.39. The van der Waals surface area contributed by atoms with Gasteiger partial charge in [-0.05, 0) is 26.3 Å². The van der Waals surface area contributed by atoms with Gasteiger partial charge in [0.05, 0.1) is 17.7 Å².